The quantitative estimate of drug-likeness (QED) is 0.907. The molecule has 0 saturated heterocycles. The van der Waals surface area contributed by atoms with Crippen LogP contribution < -0.4 is 11.1 Å². The first-order valence-corrected chi connectivity index (χ1v) is 6.58. The molecule has 0 aliphatic carbocycles. The van der Waals surface area contributed by atoms with E-state index in [1.165, 1.54) is 12.1 Å². The molecule has 1 amide bonds. The number of hydrogen-bond donors (Lipinski definition) is 2. The second-order valence-electron chi connectivity index (χ2n) is 4.22. The van der Waals surface area contributed by atoms with Gasteiger partial charge in [0.05, 0.1) is 11.7 Å². The van der Waals surface area contributed by atoms with Crippen molar-refractivity contribution in [2.24, 2.45) is 0 Å². The summed E-state index contributed by atoms with van der Waals surface area (Å²) in [7, 11) is 0. The highest BCUT2D eigenvalue weighted by Gasteiger charge is 2.17. The third kappa shape index (κ3) is 3.08. The molecule has 1 heterocycles. The second kappa shape index (κ2) is 5.36. The zero-order valence-electron chi connectivity index (χ0n) is 10.6. The summed E-state index contributed by atoms with van der Waals surface area (Å²) in [5, 5.41) is 3.17. The number of benzene rings is 1. The van der Waals surface area contributed by atoms with E-state index in [0.717, 1.165) is 11.3 Å². The molecule has 1 aromatic carbocycles. The molecule has 2 rings (SSSR count). The number of carbonyl (C=O) groups excluding carboxylic acids is 1. The molecule has 1 aromatic heterocycles. The van der Waals surface area contributed by atoms with Crippen LogP contribution >= 0.6 is 11.3 Å². The third-order valence-electron chi connectivity index (χ3n) is 2.72. The number of nitrogens with two attached hydrogens (primary N) is 1. The third-order valence-corrected chi connectivity index (χ3v) is 3.70. The topological polar surface area (TPSA) is 68.0 Å². The maximum Gasteiger partial charge on any atom is 0.263 e. The minimum absolute atomic E-state index is 0.247. The van der Waals surface area contributed by atoms with Gasteiger partial charge in [0.1, 0.15) is 10.7 Å². The normalized spacial score (nSPS) is 12.2. The molecule has 1 atom stereocenters. The van der Waals surface area contributed by atoms with E-state index in [1.54, 1.807) is 26.0 Å². The first-order chi connectivity index (χ1) is 8.97. The molecule has 4 nitrogen and oxygen atoms in total. The Morgan fingerprint density at radius 2 is 2.26 bits per heavy atom. The number of carbonyl (C=O) groups is 1. The van der Waals surface area contributed by atoms with E-state index >= 15 is 0 Å². The Bertz CT molecular complexity index is 612. The van der Waals surface area contributed by atoms with Crippen molar-refractivity contribution >= 4 is 22.4 Å². The molecule has 19 heavy (non-hydrogen) atoms. The standard InChI is InChI=1S/C13H14FN3OS/c1-7(9-4-3-5-10(14)6-9)16-12(18)11-8(2)17-13(15)19-11/h3-7H,1-2H3,(H2,15,17)(H,16,18). The molecule has 1 unspecified atom stereocenters. The van der Waals surface area contributed by atoms with Crippen molar-refractivity contribution < 1.29 is 9.18 Å². The number of thiazole rings is 1. The average molecular weight is 279 g/mol. The van der Waals surface area contributed by atoms with Gasteiger partial charge in [0, 0.05) is 0 Å². The zero-order chi connectivity index (χ0) is 14.0. The van der Waals surface area contributed by atoms with Crippen LogP contribution in [0.1, 0.15) is 33.9 Å². The van der Waals surface area contributed by atoms with Gasteiger partial charge in [-0.05, 0) is 31.5 Å². The molecule has 6 heteroatoms. The SMILES string of the molecule is Cc1nc(N)sc1C(=O)NC(C)c1cccc(F)c1. The van der Waals surface area contributed by atoms with E-state index in [0.29, 0.717) is 21.3 Å². The highest BCUT2D eigenvalue weighted by Crippen LogP contribution is 2.21. The smallest absolute Gasteiger partial charge is 0.263 e. The van der Waals surface area contributed by atoms with Gasteiger partial charge in [0.15, 0.2) is 5.13 Å². The molecule has 0 bridgehead atoms. The van der Waals surface area contributed by atoms with Crippen LogP contribution in [0.4, 0.5) is 9.52 Å². The molecule has 2 aromatic rings. The Balaban J connectivity index is 2.13. The van der Waals surface area contributed by atoms with E-state index in [-0.39, 0.29) is 17.8 Å². The molecule has 0 saturated carbocycles. The number of aryl methyl sites for hydroxylation is 1. The summed E-state index contributed by atoms with van der Waals surface area (Å²) in [6, 6.07) is 5.86. The highest BCUT2D eigenvalue weighted by atomic mass is 32.1. The van der Waals surface area contributed by atoms with Gasteiger partial charge in [-0.1, -0.05) is 23.5 Å². The summed E-state index contributed by atoms with van der Waals surface area (Å²) >= 11 is 1.14. The van der Waals surface area contributed by atoms with Gasteiger partial charge in [-0.3, -0.25) is 4.79 Å². The number of anilines is 1. The largest absolute Gasteiger partial charge is 0.375 e. The maximum atomic E-state index is 13.1. The first-order valence-electron chi connectivity index (χ1n) is 5.76. The van der Waals surface area contributed by atoms with Gasteiger partial charge < -0.3 is 11.1 Å². The van der Waals surface area contributed by atoms with Crippen LogP contribution in [-0.4, -0.2) is 10.9 Å². The summed E-state index contributed by atoms with van der Waals surface area (Å²) in [6.07, 6.45) is 0. The molecule has 3 N–H and O–H groups in total. The van der Waals surface area contributed by atoms with Crippen molar-refractivity contribution in [2.75, 3.05) is 5.73 Å². The van der Waals surface area contributed by atoms with Crippen LogP contribution in [0.3, 0.4) is 0 Å². The van der Waals surface area contributed by atoms with Crippen LogP contribution in [0.15, 0.2) is 24.3 Å². The summed E-state index contributed by atoms with van der Waals surface area (Å²) in [5.74, 6) is -0.569. The van der Waals surface area contributed by atoms with Crippen LogP contribution in [-0.2, 0) is 0 Å². The summed E-state index contributed by atoms with van der Waals surface area (Å²) < 4.78 is 13.1. The Morgan fingerprint density at radius 1 is 1.53 bits per heavy atom. The van der Waals surface area contributed by atoms with Crippen molar-refractivity contribution in [2.45, 2.75) is 19.9 Å². The fourth-order valence-corrected chi connectivity index (χ4v) is 2.49. The van der Waals surface area contributed by atoms with Crippen molar-refractivity contribution in [3.05, 3.63) is 46.2 Å². The molecule has 0 aliphatic heterocycles. The Morgan fingerprint density at radius 3 is 2.84 bits per heavy atom. The van der Waals surface area contributed by atoms with E-state index < -0.39 is 0 Å². The summed E-state index contributed by atoms with van der Waals surface area (Å²) in [4.78, 5) is 16.5. The number of nitrogens with one attached hydrogen (secondary N) is 1. The van der Waals surface area contributed by atoms with Crippen LogP contribution in [0.5, 0.6) is 0 Å². The maximum absolute atomic E-state index is 13.1. The van der Waals surface area contributed by atoms with Gasteiger partial charge in [-0.2, -0.15) is 0 Å². The average Bonchev–Trinajstić information content (AvgIpc) is 2.68. The number of nitrogen functional groups attached to an aromatic ring is 1. The van der Waals surface area contributed by atoms with Crippen LogP contribution in [0, 0.1) is 12.7 Å². The lowest BCUT2D eigenvalue weighted by Gasteiger charge is -2.13. The van der Waals surface area contributed by atoms with E-state index in [1.807, 2.05) is 0 Å². The molecular weight excluding hydrogens is 265 g/mol. The fourth-order valence-electron chi connectivity index (χ4n) is 1.75. The van der Waals surface area contributed by atoms with E-state index in [4.69, 9.17) is 5.73 Å². The number of amides is 1. The van der Waals surface area contributed by atoms with Crippen molar-refractivity contribution in [3.8, 4) is 0 Å². The van der Waals surface area contributed by atoms with Gasteiger partial charge >= 0.3 is 0 Å². The summed E-state index contributed by atoms with van der Waals surface area (Å²) in [6.45, 7) is 3.53. The Labute approximate surface area is 114 Å². The molecule has 0 aliphatic rings. The molecule has 0 fully saturated rings. The zero-order valence-corrected chi connectivity index (χ0v) is 11.4. The molecule has 0 radical (unpaired) electrons. The molecule has 0 spiro atoms. The first kappa shape index (κ1) is 13.5. The number of halogens is 1. The minimum atomic E-state index is -0.322. The van der Waals surface area contributed by atoms with Crippen molar-refractivity contribution in [1.82, 2.24) is 10.3 Å². The lowest BCUT2D eigenvalue weighted by Crippen LogP contribution is -2.26. The molecule has 100 valence electrons. The van der Waals surface area contributed by atoms with Crippen LogP contribution in [0.2, 0.25) is 0 Å². The Kier molecular flexibility index (Phi) is 3.80. The number of nitrogens with zero attached hydrogens (tertiary/aromatic N) is 1. The predicted molar refractivity (Wildman–Crippen MR) is 73.5 cm³/mol. The minimum Gasteiger partial charge on any atom is -0.375 e. The Hall–Kier alpha value is -1.95. The number of rotatable bonds is 3. The van der Waals surface area contributed by atoms with Gasteiger partial charge in [-0.25, -0.2) is 9.37 Å². The van der Waals surface area contributed by atoms with Gasteiger partial charge in [0.25, 0.3) is 5.91 Å². The van der Waals surface area contributed by atoms with Gasteiger partial charge in [-0.15, -0.1) is 0 Å². The lowest BCUT2D eigenvalue weighted by molar-refractivity contribution is 0.0943. The van der Waals surface area contributed by atoms with Crippen molar-refractivity contribution in [1.29, 1.82) is 0 Å². The van der Waals surface area contributed by atoms with Crippen LogP contribution in [0.25, 0.3) is 0 Å². The monoisotopic (exact) mass is 279 g/mol. The number of aromatic nitrogens is 1. The second-order valence-corrected chi connectivity index (χ2v) is 5.25. The molecular formula is C13H14FN3OS. The highest BCUT2D eigenvalue weighted by molar-refractivity contribution is 7.17. The summed E-state index contributed by atoms with van der Waals surface area (Å²) in [5.41, 5.74) is 6.87. The van der Waals surface area contributed by atoms with Gasteiger partial charge in [0.2, 0.25) is 0 Å². The number of hydrogen-bond acceptors (Lipinski definition) is 4. The van der Waals surface area contributed by atoms with E-state index in [9.17, 15) is 9.18 Å². The fraction of sp³-hybridized carbons (Fsp3) is 0.231. The van der Waals surface area contributed by atoms with Crippen molar-refractivity contribution in [3.63, 3.8) is 0 Å². The predicted octanol–water partition coefficient (Wildman–Crippen LogP) is 2.66. The van der Waals surface area contributed by atoms with E-state index in [2.05, 4.69) is 10.3 Å². The lowest BCUT2D eigenvalue weighted by atomic mass is 10.1.